The SMILES string of the molecule is COC(=O)c1ccc(CSc2ncc(CO)n2CC(=O)NCc2ccc(Cl)cc2)cc1. The fraction of sp³-hybridized carbons (Fsp3) is 0.227. The van der Waals surface area contributed by atoms with Gasteiger partial charge in [0.25, 0.3) is 0 Å². The predicted octanol–water partition coefficient (Wildman–Crippen LogP) is 3.42. The number of aliphatic hydroxyl groups excluding tert-OH is 1. The number of ether oxygens (including phenoxy) is 1. The maximum absolute atomic E-state index is 12.5. The summed E-state index contributed by atoms with van der Waals surface area (Å²) in [6.45, 7) is 0.215. The highest BCUT2D eigenvalue weighted by Gasteiger charge is 2.14. The van der Waals surface area contributed by atoms with Crippen LogP contribution in [0.5, 0.6) is 0 Å². The Morgan fingerprint density at radius 1 is 1.13 bits per heavy atom. The molecule has 9 heteroatoms. The molecule has 3 rings (SSSR count). The average molecular weight is 460 g/mol. The smallest absolute Gasteiger partial charge is 0.337 e. The number of imidazole rings is 1. The molecule has 1 heterocycles. The molecule has 1 amide bonds. The Morgan fingerprint density at radius 3 is 2.45 bits per heavy atom. The number of amides is 1. The summed E-state index contributed by atoms with van der Waals surface area (Å²) in [6.07, 6.45) is 1.56. The maximum Gasteiger partial charge on any atom is 0.337 e. The number of methoxy groups -OCH3 is 1. The molecular weight excluding hydrogens is 438 g/mol. The summed E-state index contributed by atoms with van der Waals surface area (Å²) in [5.41, 5.74) is 2.98. The van der Waals surface area contributed by atoms with Crippen molar-refractivity contribution in [2.75, 3.05) is 7.11 Å². The molecule has 0 aliphatic heterocycles. The first kappa shape index (κ1) is 22.9. The molecule has 0 bridgehead atoms. The number of rotatable bonds is 9. The predicted molar refractivity (Wildman–Crippen MR) is 119 cm³/mol. The Bertz CT molecular complexity index is 1040. The van der Waals surface area contributed by atoms with Crippen LogP contribution >= 0.6 is 23.4 Å². The molecule has 0 radical (unpaired) electrons. The van der Waals surface area contributed by atoms with Crippen LogP contribution < -0.4 is 5.32 Å². The molecule has 0 spiro atoms. The maximum atomic E-state index is 12.5. The van der Waals surface area contributed by atoms with E-state index in [2.05, 4.69) is 10.3 Å². The highest BCUT2D eigenvalue weighted by atomic mass is 35.5. The van der Waals surface area contributed by atoms with Crippen molar-refractivity contribution in [1.82, 2.24) is 14.9 Å². The van der Waals surface area contributed by atoms with Crippen molar-refractivity contribution in [3.63, 3.8) is 0 Å². The first-order valence-corrected chi connectivity index (χ1v) is 10.8. The van der Waals surface area contributed by atoms with E-state index in [0.717, 1.165) is 11.1 Å². The second-order valence-corrected chi connectivity index (χ2v) is 8.04. The third-order valence-electron chi connectivity index (χ3n) is 4.51. The highest BCUT2D eigenvalue weighted by Crippen LogP contribution is 2.23. The van der Waals surface area contributed by atoms with Crippen LogP contribution in [0.25, 0.3) is 0 Å². The van der Waals surface area contributed by atoms with Crippen LogP contribution in [0.3, 0.4) is 0 Å². The number of benzene rings is 2. The number of aromatic nitrogens is 2. The van der Waals surface area contributed by atoms with E-state index in [0.29, 0.717) is 33.7 Å². The van der Waals surface area contributed by atoms with Crippen molar-refractivity contribution in [2.24, 2.45) is 0 Å². The Morgan fingerprint density at radius 2 is 1.81 bits per heavy atom. The quantitative estimate of drug-likeness (QED) is 0.376. The van der Waals surface area contributed by atoms with E-state index < -0.39 is 0 Å². The van der Waals surface area contributed by atoms with Gasteiger partial charge < -0.3 is 19.7 Å². The monoisotopic (exact) mass is 459 g/mol. The fourth-order valence-corrected chi connectivity index (χ4v) is 3.89. The third kappa shape index (κ3) is 6.33. The van der Waals surface area contributed by atoms with Crippen molar-refractivity contribution in [3.05, 3.63) is 82.1 Å². The van der Waals surface area contributed by atoms with E-state index in [9.17, 15) is 14.7 Å². The number of esters is 1. The summed E-state index contributed by atoms with van der Waals surface area (Å²) in [4.78, 5) is 28.3. The molecule has 162 valence electrons. The lowest BCUT2D eigenvalue weighted by atomic mass is 10.1. The molecule has 0 unspecified atom stereocenters. The van der Waals surface area contributed by atoms with Crippen molar-refractivity contribution in [3.8, 4) is 0 Å². The molecule has 7 nitrogen and oxygen atoms in total. The summed E-state index contributed by atoms with van der Waals surface area (Å²) in [6, 6.07) is 14.4. The average Bonchev–Trinajstić information content (AvgIpc) is 3.18. The van der Waals surface area contributed by atoms with Crippen molar-refractivity contribution >= 4 is 35.2 Å². The zero-order valence-electron chi connectivity index (χ0n) is 16.9. The van der Waals surface area contributed by atoms with E-state index in [1.807, 2.05) is 24.3 Å². The van der Waals surface area contributed by atoms with Crippen LogP contribution in [0.2, 0.25) is 5.02 Å². The number of hydrogen-bond donors (Lipinski definition) is 2. The number of carbonyl (C=O) groups excluding carboxylic acids is 2. The lowest BCUT2D eigenvalue weighted by Crippen LogP contribution is -2.28. The largest absolute Gasteiger partial charge is 0.465 e. The lowest BCUT2D eigenvalue weighted by Gasteiger charge is -2.11. The van der Waals surface area contributed by atoms with Gasteiger partial charge in [-0.05, 0) is 35.4 Å². The summed E-state index contributed by atoms with van der Waals surface area (Å²) in [5.74, 6) is 0.0225. The normalized spacial score (nSPS) is 10.7. The van der Waals surface area contributed by atoms with E-state index in [-0.39, 0.29) is 25.0 Å². The van der Waals surface area contributed by atoms with Gasteiger partial charge in [-0.3, -0.25) is 4.79 Å². The number of nitrogens with zero attached hydrogens (tertiary/aromatic N) is 2. The lowest BCUT2D eigenvalue weighted by molar-refractivity contribution is -0.122. The number of hydrogen-bond acceptors (Lipinski definition) is 6. The summed E-state index contributed by atoms with van der Waals surface area (Å²) >= 11 is 7.32. The van der Waals surface area contributed by atoms with Gasteiger partial charge in [-0.2, -0.15) is 0 Å². The van der Waals surface area contributed by atoms with Gasteiger partial charge in [0, 0.05) is 17.3 Å². The van der Waals surface area contributed by atoms with Gasteiger partial charge in [-0.15, -0.1) is 0 Å². The van der Waals surface area contributed by atoms with Crippen LogP contribution in [-0.2, 0) is 35.0 Å². The van der Waals surface area contributed by atoms with Crippen LogP contribution in [-0.4, -0.2) is 33.6 Å². The van der Waals surface area contributed by atoms with Crippen LogP contribution in [0.15, 0.2) is 59.9 Å². The number of carbonyl (C=O) groups is 2. The van der Waals surface area contributed by atoms with Crippen LogP contribution in [0.4, 0.5) is 0 Å². The van der Waals surface area contributed by atoms with Gasteiger partial charge in [0.15, 0.2) is 5.16 Å². The molecule has 0 aliphatic carbocycles. The minimum absolute atomic E-state index is 0.0487. The summed E-state index contributed by atoms with van der Waals surface area (Å²) < 4.78 is 6.40. The third-order valence-corrected chi connectivity index (χ3v) is 5.82. The Hall–Kier alpha value is -2.81. The standard InChI is InChI=1S/C22H22ClN3O4S/c1-30-21(29)17-6-2-16(3-7-17)14-31-22-25-11-19(13-27)26(22)12-20(28)24-10-15-4-8-18(23)9-5-15/h2-9,11,27H,10,12-14H2,1H3,(H,24,28). The van der Waals surface area contributed by atoms with Gasteiger partial charge in [0.1, 0.15) is 6.54 Å². The minimum atomic E-state index is -0.382. The van der Waals surface area contributed by atoms with Gasteiger partial charge in [0.2, 0.25) is 5.91 Å². The molecule has 3 aromatic rings. The molecule has 2 N–H and O–H groups in total. The van der Waals surface area contributed by atoms with Crippen LogP contribution in [0, 0.1) is 0 Å². The summed E-state index contributed by atoms with van der Waals surface area (Å²) in [7, 11) is 1.34. The van der Waals surface area contributed by atoms with Crippen molar-refractivity contribution in [2.45, 2.75) is 30.6 Å². The Kier molecular flexibility index (Phi) is 8.11. The van der Waals surface area contributed by atoms with Gasteiger partial charge in [0.05, 0.1) is 31.2 Å². The number of thioether (sulfide) groups is 1. The van der Waals surface area contributed by atoms with Gasteiger partial charge in [-0.25, -0.2) is 9.78 Å². The second kappa shape index (κ2) is 11.0. The van der Waals surface area contributed by atoms with E-state index in [1.54, 1.807) is 35.0 Å². The molecular formula is C22H22ClN3O4S. The first-order chi connectivity index (χ1) is 15.0. The van der Waals surface area contributed by atoms with E-state index >= 15 is 0 Å². The molecule has 0 atom stereocenters. The number of halogens is 1. The molecule has 0 saturated heterocycles. The first-order valence-electron chi connectivity index (χ1n) is 9.46. The Balaban J connectivity index is 1.61. The zero-order valence-corrected chi connectivity index (χ0v) is 18.4. The van der Waals surface area contributed by atoms with Gasteiger partial charge in [-0.1, -0.05) is 47.6 Å². The van der Waals surface area contributed by atoms with Gasteiger partial charge >= 0.3 is 5.97 Å². The molecule has 2 aromatic carbocycles. The number of nitrogens with one attached hydrogen (secondary N) is 1. The summed E-state index contributed by atoms with van der Waals surface area (Å²) in [5, 5.41) is 13.7. The minimum Gasteiger partial charge on any atom is -0.465 e. The Labute approximate surface area is 189 Å². The van der Waals surface area contributed by atoms with Crippen molar-refractivity contribution in [1.29, 1.82) is 0 Å². The van der Waals surface area contributed by atoms with Crippen molar-refractivity contribution < 1.29 is 19.4 Å². The molecule has 0 saturated carbocycles. The zero-order chi connectivity index (χ0) is 22.2. The second-order valence-electron chi connectivity index (χ2n) is 6.66. The molecule has 0 aliphatic rings. The van der Waals surface area contributed by atoms with E-state index in [1.165, 1.54) is 18.9 Å². The number of aliphatic hydroxyl groups is 1. The molecule has 31 heavy (non-hydrogen) atoms. The topological polar surface area (TPSA) is 93.4 Å². The molecule has 0 fully saturated rings. The highest BCUT2D eigenvalue weighted by molar-refractivity contribution is 7.98. The fourth-order valence-electron chi connectivity index (χ4n) is 2.81. The molecule has 1 aromatic heterocycles. The van der Waals surface area contributed by atoms with E-state index in [4.69, 9.17) is 16.3 Å². The van der Waals surface area contributed by atoms with Crippen LogP contribution in [0.1, 0.15) is 27.2 Å².